The van der Waals surface area contributed by atoms with Crippen molar-refractivity contribution >= 4 is 22.9 Å². The number of amides is 1. The molecule has 0 radical (unpaired) electrons. The molecule has 3 aromatic rings. The number of hydrogen-bond donors (Lipinski definition) is 1. The van der Waals surface area contributed by atoms with E-state index in [9.17, 15) is 4.79 Å². The molecule has 2 aromatic heterocycles. The Labute approximate surface area is 162 Å². The molecule has 1 N–H and O–H groups in total. The van der Waals surface area contributed by atoms with Gasteiger partial charge in [0.25, 0.3) is 0 Å². The highest BCUT2D eigenvalue weighted by molar-refractivity contribution is 7.07. The largest absolute Gasteiger partial charge is 0.334 e. The van der Waals surface area contributed by atoms with Crippen molar-refractivity contribution in [3.05, 3.63) is 53.4 Å². The van der Waals surface area contributed by atoms with Gasteiger partial charge in [-0.2, -0.15) is 0 Å². The Bertz CT molecular complexity index is 888. The Morgan fingerprint density at radius 1 is 1.30 bits per heavy atom. The molecule has 7 heteroatoms. The van der Waals surface area contributed by atoms with E-state index in [-0.39, 0.29) is 11.9 Å². The maximum atomic E-state index is 12.8. The molecule has 140 valence electrons. The van der Waals surface area contributed by atoms with Crippen molar-refractivity contribution in [1.82, 2.24) is 19.4 Å². The van der Waals surface area contributed by atoms with Gasteiger partial charge in [-0.25, -0.2) is 9.97 Å². The Morgan fingerprint density at radius 2 is 2.15 bits per heavy atom. The maximum Gasteiger partial charge on any atom is 0.241 e. The minimum absolute atomic E-state index is 0.0588. The standard InChI is InChI=1S/C20H23N5OS/c1-2-24-11-9-21-19(24)12-25-10-3-4-18(25)20(26)23-16-7-5-15(6-8-16)17-13-27-14-22-17/h5-9,11,13-14,18H,2-4,10,12H2,1H3,(H,23,26). The van der Waals surface area contributed by atoms with Crippen LogP contribution in [0.15, 0.2) is 47.5 Å². The lowest BCUT2D eigenvalue weighted by Gasteiger charge is -2.23. The third kappa shape index (κ3) is 3.94. The van der Waals surface area contributed by atoms with Gasteiger partial charge in [0.05, 0.1) is 23.8 Å². The lowest BCUT2D eigenvalue weighted by atomic mass is 10.1. The molecule has 1 fully saturated rings. The van der Waals surface area contributed by atoms with E-state index >= 15 is 0 Å². The highest BCUT2D eigenvalue weighted by atomic mass is 32.1. The van der Waals surface area contributed by atoms with Gasteiger partial charge >= 0.3 is 0 Å². The van der Waals surface area contributed by atoms with Crippen LogP contribution in [0, 0.1) is 0 Å². The van der Waals surface area contributed by atoms with Gasteiger partial charge in [-0.05, 0) is 38.4 Å². The number of anilines is 1. The predicted octanol–water partition coefficient (Wildman–Crippen LogP) is 3.63. The summed E-state index contributed by atoms with van der Waals surface area (Å²) in [5.41, 5.74) is 4.67. The molecule has 1 aliphatic heterocycles. The van der Waals surface area contributed by atoms with Crippen molar-refractivity contribution in [1.29, 1.82) is 0 Å². The molecule has 0 aliphatic carbocycles. The average molecular weight is 382 g/mol. The van der Waals surface area contributed by atoms with Gasteiger partial charge in [0.2, 0.25) is 5.91 Å². The van der Waals surface area contributed by atoms with E-state index in [0.717, 1.165) is 48.7 Å². The fourth-order valence-corrected chi connectivity index (χ4v) is 4.14. The smallest absolute Gasteiger partial charge is 0.241 e. The lowest BCUT2D eigenvalue weighted by molar-refractivity contribution is -0.120. The quantitative estimate of drug-likeness (QED) is 0.708. The number of benzene rings is 1. The molecular formula is C20H23N5OS. The first-order valence-electron chi connectivity index (χ1n) is 9.28. The van der Waals surface area contributed by atoms with E-state index in [4.69, 9.17) is 0 Å². The van der Waals surface area contributed by atoms with Gasteiger partial charge in [-0.1, -0.05) is 12.1 Å². The minimum Gasteiger partial charge on any atom is -0.334 e. The fourth-order valence-electron chi connectivity index (χ4n) is 3.58. The molecule has 0 spiro atoms. The van der Waals surface area contributed by atoms with Crippen LogP contribution in [-0.4, -0.2) is 37.9 Å². The fraction of sp³-hybridized carbons (Fsp3) is 0.350. The molecule has 6 nitrogen and oxygen atoms in total. The van der Waals surface area contributed by atoms with Crippen LogP contribution in [0.3, 0.4) is 0 Å². The summed E-state index contributed by atoms with van der Waals surface area (Å²) < 4.78 is 2.13. The molecule has 0 bridgehead atoms. The van der Waals surface area contributed by atoms with Crippen LogP contribution in [-0.2, 0) is 17.9 Å². The number of aromatic nitrogens is 3. The van der Waals surface area contributed by atoms with Crippen LogP contribution in [0.25, 0.3) is 11.3 Å². The number of carbonyl (C=O) groups excluding carboxylic acids is 1. The number of hydrogen-bond acceptors (Lipinski definition) is 5. The molecule has 1 atom stereocenters. The van der Waals surface area contributed by atoms with Crippen LogP contribution in [0.5, 0.6) is 0 Å². The Hall–Kier alpha value is -2.51. The SMILES string of the molecule is CCn1ccnc1CN1CCCC1C(=O)Nc1ccc(-c2cscn2)cc1. The summed E-state index contributed by atoms with van der Waals surface area (Å²) in [6.07, 6.45) is 5.74. The molecule has 1 unspecified atom stereocenters. The molecular weight excluding hydrogens is 358 g/mol. The summed E-state index contributed by atoms with van der Waals surface area (Å²) in [7, 11) is 0. The van der Waals surface area contributed by atoms with Gasteiger partial charge in [0.1, 0.15) is 5.82 Å². The molecule has 1 amide bonds. The summed E-state index contributed by atoms with van der Waals surface area (Å²) in [4.78, 5) is 23.8. The topological polar surface area (TPSA) is 63.1 Å². The maximum absolute atomic E-state index is 12.8. The summed E-state index contributed by atoms with van der Waals surface area (Å²) >= 11 is 1.58. The number of likely N-dealkylation sites (tertiary alicyclic amines) is 1. The minimum atomic E-state index is -0.106. The van der Waals surface area contributed by atoms with Crippen LogP contribution >= 0.6 is 11.3 Å². The van der Waals surface area contributed by atoms with Crippen LogP contribution in [0.2, 0.25) is 0 Å². The summed E-state index contributed by atoms with van der Waals surface area (Å²) in [6.45, 7) is 4.64. The second-order valence-corrected chi connectivity index (χ2v) is 7.42. The number of nitrogens with one attached hydrogen (secondary N) is 1. The predicted molar refractivity (Wildman–Crippen MR) is 108 cm³/mol. The van der Waals surface area contributed by atoms with Crippen LogP contribution in [0.4, 0.5) is 5.69 Å². The number of aryl methyl sites for hydroxylation is 1. The monoisotopic (exact) mass is 381 g/mol. The number of imidazole rings is 1. The lowest BCUT2D eigenvalue weighted by Crippen LogP contribution is -2.39. The van der Waals surface area contributed by atoms with Crippen LogP contribution in [0.1, 0.15) is 25.6 Å². The molecule has 1 saturated heterocycles. The van der Waals surface area contributed by atoms with E-state index in [1.54, 1.807) is 11.3 Å². The third-order valence-corrected chi connectivity index (χ3v) is 5.62. The first-order valence-corrected chi connectivity index (χ1v) is 10.2. The second kappa shape index (κ2) is 8.02. The third-order valence-electron chi connectivity index (χ3n) is 5.03. The summed E-state index contributed by atoms with van der Waals surface area (Å²) in [5.74, 6) is 1.08. The van der Waals surface area contributed by atoms with Crippen molar-refractivity contribution in [2.45, 2.75) is 38.9 Å². The van der Waals surface area contributed by atoms with Crippen molar-refractivity contribution in [3.8, 4) is 11.3 Å². The zero-order valence-corrected chi connectivity index (χ0v) is 16.2. The van der Waals surface area contributed by atoms with Crippen molar-refractivity contribution in [2.24, 2.45) is 0 Å². The van der Waals surface area contributed by atoms with Crippen molar-refractivity contribution in [2.75, 3.05) is 11.9 Å². The molecule has 3 heterocycles. The Kier molecular flexibility index (Phi) is 5.31. The first-order chi connectivity index (χ1) is 13.2. The number of carbonyl (C=O) groups is 1. The zero-order chi connectivity index (χ0) is 18.6. The van der Waals surface area contributed by atoms with Gasteiger partial charge in [-0.3, -0.25) is 9.69 Å². The zero-order valence-electron chi connectivity index (χ0n) is 15.3. The molecule has 1 aliphatic rings. The molecule has 0 saturated carbocycles. The number of rotatable bonds is 6. The van der Waals surface area contributed by atoms with Gasteiger partial charge in [-0.15, -0.1) is 11.3 Å². The van der Waals surface area contributed by atoms with Crippen molar-refractivity contribution in [3.63, 3.8) is 0 Å². The highest BCUT2D eigenvalue weighted by Crippen LogP contribution is 2.24. The average Bonchev–Trinajstić information content (AvgIpc) is 3.44. The van der Waals surface area contributed by atoms with E-state index < -0.39 is 0 Å². The highest BCUT2D eigenvalue weighted by Gasteiger charge is 2.31. The van der Waals surface area contributed by atoms with Crippen LogP contribution < -0.4 is 5.32 Å². The van der Waals surface area contributed by atoms with E-state index in [0.29, 0.717) is 6.54 Å². The molecule has 4 rings (SSSR count). The normalized spacial score (nSPS) is 17.3. The van der Waals surface area contributed by atoms with Gasteiger partial charge in [0, 0.05) is 35.6 Å². The molecule has 27 heavy (non-hydrogen) atoms. The first kappa shape index (κ1) is 17.9. The number of nitrogens with zero attached hydrogens (tertiary/aromatic N) is 4. The summed E-state index contributed by atoms with van der Waals surface area (Å²) in [6, 6.07) is 7.76. The number of thiazole rings is 1. The summed E-state index contributed by atoms with van der Waals surface area (Å²) in [5, 5.41) is 5.09. The van der Waals surface area contributed by atoms with Crippen molar-refractivity contribution < 1.29 is 4.79 Å². The van der Waals surface area contributed by atoms with Gasteiger partial charge < -0.3 is 9.88 Å². The Morgan fingerprint density at radius 3 is 2.89 bits per heavy atom. The van der Waals surface area contributed by atoms with E-state index in [1.807, 2.05) is 47.5 Å². The van der Waals surface area contributed by atoms with Gasteiger partial charge in [0.15, 0.2) is 0 Å². The van der Waals surface area contributed by atoms with E-state index in [2.05, 4.69) is 31.7 Å². The second-order valence-electron chi connectivity index (χ2n) is 6.70. The Balaban J connectivity index is 1.41. The van der Waals surface area contributed by atoms with E-state index in [1.165, 1.54) is 0 Å². The molecule has 1 aromatic carbocycles.